The summed E-state index contributed by atoms with van der Waals surface area (Å²) >= 11 is 0. The van der Waals surface area contributed by atoms with Crippen LogP contribution < -0.4 is 0 Å². The molecule has 2 fully saturated rings. The highest BCUT2D eigenvalue weighted by Crippen LogP contribution is 2.30. The molecule has 2 aromatic heterocycles. The molecule has 0 radical (unpaired) electrons. The van der Waals surface area contributed by atoms with E-state index in [0.29, 0.717) is 0 Å². The molecular formula is C16H24N6O. The first-order chi connectivity index (χ1) is 11.2. The summed E-state index contributed by atoms with van der Waals surface area (Å²) in [4.78, 5) is 2.40. The van der Waals surface area contributed by atoms with Crippen molar-refractivity contribution in [1.29, 1.82) is 0 Å². The van der Waals surface area contributed by atoms with Crippen molar-refractivity contribution in [1.82, 2.24) is 29.7 Å². The molecular weight excluding hydrogens is 292 g/mol. The number of hydrogen-bond acceptors (Lipinski definition) is 5. The number of nitrogens with zero attached hydrogens (tertiary/aromatic N) is 6. The molecule has 3 heterocycles. The minimum atomic E-state index is 0.185. The summed E-state index contributed by atoms with van der Waals surface area (Å²) in [5, 5.41) is 12.9. The molecule has 7 heteroatoms. The highest BCUT2D eigenvalue weighted by Gasteiger charge is 2.24. The van der Waals surface area contributed by atoms with Gasteiger partial charge in [-0.1, -0.05) is 5.21 Å². The molecule has 0 amide bonds. The average Bonchev–Trinajstić information content (AvgIpc) is 3.09. The second kappa shape index (κ2) is 6.41. The lowest BCUT2D eigenvalue weighted by Gasteiger charge is -2.32. The zero-order valence-electron chi connectivity index (χ0n) is 13.6. The van der Waals surface area contributed by atoms with Crippen molar-refractivity contribution in [3.05, 3.63) is 29.8 Å². The lowest BCUT2D eigenvalue weighted by atomic mass is 10.2. The van der Waals surface area contributed by atoms with Crippen LogP contribution in [0, 0.1) is 12.8 Å². The number of hydrogen-bond donors (Lipinski definition) is 0. The van der Waals surface area contributed by atoms with Gasteiger partial charge in [0.05, 0.1) is 31.1 Å². The zero-order valence-corrected chi connectivity index (χ0v) is 13.6. The van der Waals surface area contributed by atoms with Crippen molar-refractivity contribution < 1.29 is 4.74 Å². The van der Waals surface area contributed by atoms with Crippen LogP contribution in [0.3, 0.4) is 0 Å². The van der Waals surface area contributed by atoms with Gasteiger partial charge in [0.15, 0.2) is 0 Å². The van der Waals surface area contributed by atoms with Gasteiger partial charge in [-0.25, -0.2) is 0 Å². The van der Waals surface area contributed by atoms with Crippen molar-refractivity contribution in [2.75, 3.05) is 19.7 Å². The second-order valence-electron chi connectivity index (χ2n) is 6.84. The van der Waals surface area contributed by atoms with E-state index < -0.39 is 0 Å². The van der Waals surface area contributed by atoms with Crippen molar-refractivity contribution >= 4 is 0 Å². The Balaban J connectivity index is 1.30. The number of aryl methyl sites for hydroxylation is 1. The minimum Gasteiger partial charge on any atom is -0.374 e. The first-order valence-electron chi connectivity index (χ1n) is 8.46. The first-order valence-corrected chi connectivity index (χ1v) is 8.46. The van der Waals surface area contributed by atoms with Gasteiger partial charge in [0.1, 0.15) is 0 Å². The molecule has 1 saturated carbocycles. The molecule has 0 N–H and O–H groups in total. The monoisotopic (exact) mass is 316 g/mol. The minimum absolute atomic E-state index is 0.185. The van der Waals surface area contributed by atoms with E-state index in [1.807, 2.05) is 15.6 Å². The van der Waals surface area contributed by atoms with Crippen LogP contribution in [-0.2, 0) is 24.4 Å². The lowest BCUT2D eigenvalue weighted by molar-refractivity contribution is -0.0405. The third-order valence-corrected chi connectivity index (χ3v) is 4.49. The summed E-state index contributed by atoms with van der Waals surface area (Å²) in [6, 6.07) is 0. The third-order valence-electron chi connectivity index (χ3n) is 4.49. The van der Waals surface area contributed by atoms with Gasteiger partial charge in [0.2, 0.25) is 0 Å². The van der Waals surface area contributed by atoms with Crippen molar-refractivity contribution in [3.63, 3.8) is 0 Å². The van der Waals surface area contributed by atoms with Crippen molar-refractivity contribution in [2.24, 2.45) is 5.92 Å². The van der Waals surface area contributed by atoms with E-state index in [1.54, 1.807) is 0 Å². The Morgan fingerprint density at radius 2 is 2.13 bits per heavy atom. The van der Waals surface area contributed by atoms with E-state index in [1.165, 1.54) is 18.4 Å². The van der Waals surface area contributed by atoms with Crippen LogP contribution in [0.1, 0.15) is 24.1 Å². The van der Waals surface area contributed by atoms with Gasteiger partial charge in [-0.2, -0.15) is 5.10 Å². The van der Waals surface area contributed by atoms with Crippen LogP contribution in [0.5, 0.6) is 0 Å². The summed E-state index contributed by atoms with van der Waals surface area (Å²) in [7, 11) is 0. The Morgan fingerprint density at radius 3 is 2.91 bits per heavy atom. The van der Waals surface area contributed by atoms with Crippen molar-refractivity contribution in [2.45, 2.75) is 45.5 Å². The molecule has 0 spiro atoms. The second-order valence-corrected chi connectivity index (χ2v) is 6.84. The SMILES string of the molecule is Cc1cnn(CC2CN(Cc3cn(CC4CC4)nn3)CCO2)c1. The molecule has 23 heavy (non-hydrogen) atoms. The summed E-state index contributed by atoms with van der Waals surface area (Å²) in [6.45, 7) is 7.36. The first kappa shape index (κ1) is 14.8. The van der Waals surface area contributed by atoms with Crippen LogP contribution in [0.15, 0.2) is 18.6 Å². The highest BCUT2D eigenvalue weighted by molar-refractivity contribution is 4.99. The van der Waals surface area contributed by atoms with E-state index in [2.05, 4.69) is 39.6 Å². The van der Waals surface area contributed by atoms with Crippen LogP contribution in [-0.4, -0.2) is 55.5 Å². The maximum atomic E-state index is 5.88. The fraction of sp³-hybridized carbons (Fsp3) is 0.688. The van der Waals surface area contributed by atoms with Crippen LogP contribution in [0.25, 0.3) is 0 Å². The van der Waals surface area contributed by atoms with Gasteiger partial charge in [0, 0.05) is 38.6 Å². The Bertz CT molecular complexity index is 647. The van der Waals surface area contributed by atoms with Gasteiger partial charge >= 0.3 is 0 Å². The summed E-state index contributed by atoms with van der Waals surface area (Å²) in [5.74, 6) is 0.829. The molecule has 1 unspecified atom stereocenters. The number of aromatic nitrogens is 5. The van der Waals surface area contributed by atoms with Gasteiger partial charge in [0.25, 0.3) is 0 Å². The topological polar surface area (TPSA) is 61.0 Å². The molecule has 1 aliphatic heterocycles. The molecule has 1 aliphatic carbocycles. The normalized spacial score (nSPS) is 22.6. The van der Waals surface area contributed by atoms with Crippen LogP contribution in [0.2, 0.25) is 0 Å². The van der Waals surface area contributed by atoms with Gasteiger partial charge in [-0.3, -0.25) is 14.3 Å². The molecule has 4 rings (SSSR count). The highest BCUT2D eigenvalue weighted by atomic mass is 16.5. The fourth-order valence-electron chi connectivity index (χ4n) is 3.10. The number of morpholine rings is 1. The number of ether oxygens (including phenoxy) is 1. The maximum absolute atomic E-state index is 5.88. The maximum Gasteiger partial charge on any atom is 0.0967 e. The Morgan fingerprint density at radius 1 is 1.22 bits per heavy atom. The summed E-state index contributed by atoms with van der Waals surface area (Å²) in [6.07, 6.45) is 8.91. The molecule has 1 atom stereocenters. The molecule has 2 aromatic rings. The fourth-order valence-corrected chi connectivity index (χ4v) is 3.10. The molecule has 0 aromatic carbocycles. The van der Waals surface area contributed by atoms with Crippen molar-refractivity contribution in [3.8, 4) is 0 Å². The number of rotatable bonds is 6. The molecule has 2 aliphatic rings. The van der Waals surface area contributed by atoms with E-state index >= 15 is 0 Å². The average molecular weight is 316 g/mol. The zero-order chi connectivity index (χ0) is 15.6. The van der Waals surface area contributed by atoms with Gasteiger partial charge < -0.3 is 4.74 Å². The standard InChI is InChI=1S/C16H24N6O/c1-13-6-17-21(7-13)12-16-11-20(4-5-23-16)9-15-10-22(19-18-15)8-14-2-3-14/h6-7,10,14,16H,2-5,8-9,11-12H2,1H3. The molecule has 1 saturated heterocycles. The van der Waals surface area contributed by atoms with E-state index in [9.17, 15) is 0 Å². The Labute approximate surface area is 136 Å². The Hall–Kier alpha value is -1.73. The molecule has 7 nitrogen and oxygen atoms in total. The Kier molecular flexibility index (Phi) is 4.13. The quantitative estimate of drug-likeness (QED) is 0.798. The predicted molar refractivity (Wildman–Crippen MR) is 84.7 cm³/mol. The summed E-state index contributed by atoms with van der Waals surface area (Å²) in [5.41, 5.74) is 2.24. The molecule has 124 valence electrons. The smallest absolute Gasteiger partial charge is 0.0967 e. The third kappa shape index (κ3) is 3.97. The largest absolute Gasteiger partial charge is 0.374 e. The van der Waals surface area contributed by atoms with Gasteiger partial charge in [-0.05, 0) is 31.2 Å². The van der Waals surface area contributed by atoms with E-state index in [4.69, 9.17) is 4.74 Å². The van der Waals surface area contributed by atoms with E-state index in [0.717, 1.165) is 50.9 Å². The van der Waals surface area contributed by atoms with Gasteiger partial charge in [-0.15, -0.1) is 5.10 Å². The van der Waals surface area contributed by atoms with E-state index in [-0.39, 0.29) is 6.10 Å². The van der Waals surface area contributed by atoms with Crippen LogP contribution in [0.4, 0.5) is 0 Å². The van der Waals surface area contributed by atoms with Crippen LogP contribution >= 0.6 is 0 Å². The predicted octanol–water partition coefficient (Wildman–Crippen LogP) is 1.09. The lowest BCUT2D eigenvalue weighted by Crippen LogP contribution is -2.43. The summed E-state index contributed by atoms with van der Waals surface area (Å²) < 4.78 is 9.85. The molecule has 0 bridgehead atoms.